The molecule has 1 aromatic carbocycles. The van der Waals surface area contributed by atoms with Crippen LogP contribution in [0.25, 0.3) is 0 Å². The zero-order valence-corrected chi connectivity index (χ0v) is 13.0. The quantitative estimate of drug-likeness (QED) is 0.889. The number of benzene rings is 1. The Morgan fingerprint density at radius 3 is 2.67 bits per heavy atom. The van der Waals surface area contributed by atoms with Gasteiger partial charge in [0.05, 0.1) is 0 Å². The Morgan fingerprint density at radius 2 is 2.04 bits per heavy atom. The minimum Gasteiger partial charge on any atom is -0.479 e. The van der Waals surface area contributed by atoms with Crippen molar-refractivity contribution in [3.63, 3.8) is 0 Å². The largest absolute Gasteiger partial charge is 0.479 e. The van der Waals surface area contributed by atoms with Gasteiger partial charge in [0.2, 0.25) is 0 Å². The van der Waals surface area contributed by atoms with Gasteiger partial charge in [-0.25, -0.2) is 9.78 Å². The molecule has 2 unspecified atom stereocenters. The number of pyridine rings is 1. The number of carboxylic acid groups (broad SMARTS) is 1. The van der Waals surface area contributed by atoms with E-state index in [-0.39, 0.29) is 11.6 Å². The number of nitrogen functional groups attached to an aromatic ring is 1. The van der Waals surface area contributed by atoms with E-state index in [2.05, 4.69) is 4.98 Å². The molecular formula is C17H17N3O4. The first-order chi connectivity index (χ1) is 11.5. The van der Waals surface area contributed by atoms with Crippen molar-refractivity contribution in [3.05, 3.63) is 48.0 Å². The van der Waals surface area contributed by atoms with E-state index in [0.717, 1.165) is 0 Å². The number of carbonyl (C=O) groups excluding carboxylic acids is 1. The van der Waals surface area contributed by atoms with Crippen molar-refractivity contribution >= 4 is 23.5 Å². The van der Waals surface area contributed by atoms with Crippen LogP contribution in [0.2, 0.25) is 0 Å². The number of hydrogen-bond donors (Lipinski definition) is 2. The second-order valence-electron chi connectivity index (χ2n) is 5.43. The summed E-state index contributed by atoms with van der Waals surface area (Å²) in [6.07, 6.45) is -0.339. The third kappa shape index (κ3) is 2.64. The van der Waals surface area contributed by atoms with Crippen LogP contribution in [0.5, 0.6) is 5.75 Å². The summed E-state index contributed by atoms with van der Waals surface area (Å²) in [6, 6.07) is 10.5. The fraction of sp³-hybridized carbons (Fsp3) is 0.235. The van der Waals surface area contributed by atoms with Crippen LogP contribution >= 0.6 is 0 Å². The van der Waals surface area contributed by atoms with Crippen molar-refractivity contribution in [2.24, 2.45) is 0 Å². The SMILES string of the molecule is CCC1Oc2ccc(N)nc2N(C(C(=O)O)c2ccccc2)C1=O. The number of rotatable bonds is 4. The summed E-state index contributed by atoms with van der Waals surface area (Å²) in [5.41, 5.74) is 6.20. The maximum Gasteiger partial charge on any atom is 0.331 e. The van der Waals surface area contributed by atoms with Crippen molar-refractivity contribution in [1.29, 1.82) is 0 Å². The lowest BCUT2D eigenvalue weighted by Crippen LogP contribution is -2.49. The van der Waals surface area contributed by atoms with Gasteiger partial charge >= 0.3 is 5.97 Å². The van der Waals surface area contributed by atoms with Crippen molar-refractivity contribution in [1.82, 2.24) is 4.98 Å². The number of aliphatic carboxylic acids is 1. The van der Waals surface area contributed by atoms with Gasteiger partial charge in [0.25, 0.3) is 5.91 Å². The fourth-order valence-corrected chi connectivity index (χ4v) is 2.72. The molecule has 0 radical (unpaired) electrons. The first-order valence-corrected chi connectivity index (χ1v) is 7.57. The van der Waals surface area contributed by atoms with Crippen molar-refractivity contribution in [3.8, 4) is 5.75 Å². The summed E-state index contributed by atoms with van der Waals surface area (Å²) in [5.74, 6) is -0.943. The number of hydrogen-bond acceptors (Lipinski definition) is 5. The van der Waals surface area contributed by atoms with Crippen LogP contribution in [0.15, 0.2) is 42.5 Å². The second kappa shape index (κ2) is 6.19. The van der Waals surface area contributed by atoms with Crippen LogP contribution in [0, 0.1) is 0 Å². The topological polar surface area (TPSA) is 106 Å². The average Bonchev–Trinajstić information content (AvgIpc) is 2.58. The highest BCUT2D eigenvalue weighted by molar-refractivity contribution is 6.03. The lowest BCUT2D eigenvalue weighted by molar-refractivity contribution is -0.141. The zero-order chi connectivity index (χ0) is 17.3. The molecule has 1 amide bonds. The molecule has 7 heteroatoms. The van der Waals surface area contributed by atoms with E-state index in [1.807, 2.05) is 0 Å². The van der Waals surface area contributed by atoms with Gasteiger partial charge < -0.3 is 15.6 Å². The summed E-state index contributed by atoms with van der Waals surface area (Å²) in [4.78, 5) is 30.1. The minimum atomic E-state index is -1.20. The summed E-state index contributed by atoms with van der Waals surface area (Å²) in [7, 11) is 0. The number of nitrogens with zero attached hydrogens (tertiary/aromatic N) is 2. The van der Waals surface area contributed by atoms with Gasteiger partial charge in [0.1, 0.15) is 5.82 Å². The number of ether oxygens (including phenoxy) is 1. The molecule has 3 rings (SSSR count). The van der Waals surface area contributed by atoms with Gasteiger partial charge in [0, 0.05) is 0 Å². The van der Waals surface area contributed by atoms with E-state index in [1.165, 1.54) is 4.90 Å². The standard InChI is InChI=1S/C17H17N3O4/c1-2-11-16(21)20(15-12(24-11)8-9-13(18)19-15)14(17(22)23)10-6-4-3-5-7-10/h3-9,11,14H,2H2,1H3,(H2,18,19)(H,22,23). The molecule has 7 nitrogen and oxygen atoms in total. The molecule has 1 aromatic heterocycles. The van der Waals surface area contributed by atoms with Gasteiger partial charge in [-0.2, -0.15) is 0 Å². The fourth-order valence-electron chi connectivity index (χ4n) is 2.72. The maximum absolute atomic E-state index is 12.8. The molecule has 2 aromatic rings. The lowest BCUT2D eigenvalue weighted by atomic mass is 10.0. The second-order valence-corrected chi connectivity index (χ2v) is 5.43. The predicted octanol–water partition coefficient (Wildman–Crippen LogP) is 1.99. The Bertz CT molecular complexity index is 779. The van der Waals surface area contributed by atoms with Crippen molar-refractivity contribution < 1.29 is 19.4 Å². The normalized spacial score (nSPS) is 17.8. The van der Waals surface area contributed by atoms with Crippen LogP contribution in [-0.2, 0) is 9.59 Å². The highest BCUT2D eigenvalue weighted by Crippen LogP contribution is 2.39. The average molecular weight is 327 g/mol. The van der Waals surface area contributed by atoms with E-state index in [4.69, 9.17) is 10.5 Å². The van der Waals surface area contributed by atoms with E-state index in [0.29, 0.717) is 17.7 Å². The summed E-state index contributed by atoms with van der Waals surface area (Å²) < 4.78 is 5.64. The van der Waals surface area contributed by atoms with E-state index in [1.54, 1.807) is 49.4 Å². The number of carboxylic acids is 1. The third-order valence-electron chi connectivity index (χ3n) is 3.85. The molecular weight excluding hydrogens is 310 g/mol. The van der Waals surface area contributed by atoms with Gasteiger partial charge in [-0.05, 0) is 24.1 Å². The molecule has 0 saturated heterocycles. The smallest absolute Gasteiger partial charge is 0.331 e. The van der Waals surface area contributed by atoms with Gasteiger partial charge in [0.15, 0.2) is 23.7 Å². The molecule has 1 aliphatic heterocycles. The van der Waals surface area contributed by atoms with Gasteiger partial charge in [-0.15, -0.1) is 0 Å². The Kier molecular flexibility index (Phi) is 4.07. The van der Waals surface area contributed by atoms with Gasteiger partial charge in [-0.1, -0.05) is 37.3 Å². The maximum atomic E-state index is 12.8. The lowest BCUT2D eigenvalue weighted by Gasteiger charge is -2.36. The summed E-state index contributed by atoms with van der Waals surface area (Å²) >= 11 is 0. The number of fused-ring (bicyclic) bond motifs is 1. The van der Waals surface area contributed by atoms with Crippen molar-refractivity contribution in [2.75, 3.05) is 10.6 Å². The molecule has 0 spiro atoms. The number of aromatic nitrogens is 1. The van der Waals surface area contributed by atoms with E-state index in [9.17, 15) is 14.7 Å². The van der Waals surface area contributed by atoms with E-state index < -0.39 is 24.0 Å². The third-order valence-corrected chi connectivity index (χ3v) is 3.85. The molecule has 1 aliphatic rings. The molecule has 2 heterocycles. The molecule has 3 N–H and O–H groups in total. The van der Waals surface area contributed by atoms with E-state index >= 15 is 0 Å². The van der Waals surface area contributed by atoms with Crippen LogP contribution in [-0.4, -0.2) is 28.1 Å². The molecule has 24 heavy (non-hydrogen) atoms. The first-order valence-electron chi connectivity index (χ1n) is 7.57. The summed E-state index contributed by atoms with van der Waals surface area (Å²) in [5, 5.41) is 9.76. The zero-order valence-electron chi connectivity index (χ0n) is 13.0. The van der Waals surface area contributed by atoms with Crippen LogP contribution in [0.4, 0.5) is 11.6 Å². The molecule has 124 valence electrons. The highest BCUT2D eigenvalue weighted by atomic mass is 16.5. The van der Waals surface area contributed by atoms with Crippen LogP contribution < -0.4 is 15.4 Å². The van der Waals surface area contributed by atoms with Crippen LogP contribution in [0.3, 0.4) is 0 Å². The Balaban J connectivity index is 2.17. The molecule has 0 saturated carbocycles. The Morgan fingerprint density at radius 1 is 1.33 bits per heavy atom. The highest BCUT2D eigenvalue weighted by Gasteiger charge is 2.42. The molecule has 0 bridgehead atoms. The summed E-state index contributed by atoms with van der Waals surface area (Å²) in [6.45, 7) is 1.80. The molecule has 0 aliphatic carbocycles. The first kappa shape index (κ1) is 15.8. The monoisotopic (exact) mass is 327 g/mol. The van der Waals surface area contributed by atoms with Crippen LogP contribution in [0.1, 0.15) is 24.9 Å². The number of amides is 1. The Hall–Kier alpha value is -3.09. The Labute approximate surface area is 138 Å². The van der Waals surface area contributed by atoms with Gasteiger partial charge in [-0.3, -0.25) is 9.69 Å². The number of carbonyl (C=O) groups is 2. The molecule has 2 atom stereocenters. The number of nitrogens with two attached hydrogens (primary N) is 1. The predicted molar refractivity (Wildman–Crippen MR) is 87.7 cm³/mol. The molecule has 0 fully saturated rings. The van der Waals surface area contributed by atoms with Crippen molar-refractivity contribution in [2.45, 2.75) is 25.5 Å². The number of anilines is 2. The minimum absolute atomic E-state index is 0.126.